The molecule has 1 aliphatic carbocycles. The van der Waals surface area contributed by atoms with E-state index in [4.69, 9.17) is 5.84 Å². The Morgan fingerprint density at radius 3 is 2.33 bits per heavy atom. The molecule has 0 aromatic carbocycles. The van der Waals surface area contributed by atoms with Gasteiger partial charge < -0.3 is 0 Å². The van der Waals surface area contributed by atoms with Gasteiger partial charge in [0.15, 0.2) is 0 Å². The highest BCUT2D eigenvalue weighted by molar-refractivity contribution is 4.87. The third kappa shape index (κ3) is 0.533. The Labute approximate surface area is 37.7 Å². The Morgan fingerprint density at radius 1 is 1.83 bits per heavy atom. The predicted octanol–water partition coefficient (Wildman–Crippen LogP) is -0.142. The van der Waals surface area contributed by atoms with Crippen LogP contribution in [0.3, 0.4) is 0 Å². The summed E-state index contributed by atoms with van der Waals surface area (Å²) in [5.41, 5.74) is 2.69. The minimum Gasteiger partial charge on any atom is -0.271 e. The van der Waals surface area contributed by atoms with Gasteiger partial charge in [0, 0.05) is 6.04 Å². The summed E-state index contributed by atoms with van der Waals surface area (Å²) in [5, 5.41) is 0. The van der Waals surface area contributed by atoms with Crippen molar-refractivity contribution >= 4 is 0 Å². The standard InChI is InChI=1S/C4H10N2/c1-3-2-4(3)6-5/h3-4,6H,2,5H2,1H3. The van der Waals surface area contributed by atoms with E-state index in [-0.39, 0.29) is 0 Å². The van der Waals surface area contributed by atoms with E-state index in [0.717, 1.165) is 5.92 Å². The quantitative estimate of drug-likeness (QED) is 0.344. The minimum absolute atomic E-state index is 0.630. The van der Waals surface area contributed by atoms with Gasteiger partial charge in [-0.3, -0.25) is 11.3 Å². The molecule has 3 N–H and O–H groups in total. The molecule has 0 aromatic rings. The van der Waals surface area contributed by atoms with Gasteiger partial charge in [0.1, 0.15) is 0 Å². The summed E-state index contributed by atoms with van der Waals surface area (Å²) in [7, 11) is 0. The lowest BCUT2D eigenvalue weighted by atomic mass is 10.5. The number of nitrogens with one attached hydrogen (secondary N) is 1. The van der Waals surface area contributed by atoms with Crippen LogP contribution in [-0.4, -0.2) is 6.04 Å². The van der Waals surface area contributed by atoms with Gasteiger partial charge in [0.05, 0.1) is 0 Å². The SMILES string of the molecule is CC1CC1NN. The normalized spacial score (nSPS) is 43.0. The molecule has 1 fully saturated rings. The van der Waals surface area contributed by atoms with Gasteiger partial charge >= 0.3 is 0 Å². The van der Waals surface area contributed by atoms with E-state index in [0.29, 0.717) is 6.04 Å². The van der Waals surface area contributed by atoms with Crippen LogP contribution in [0.5, 0.6) is 0 Å². The van der Waals surface area contributed by atoms with Crippen molar-refractivity contribution in [1.29, 1.82) is 0 Å². The molecule has 0 radical (unpaired) electrons. The lowest BCUT2D eigenvalue weighted by Gasteiger charge is -1.85. The fourth-order valence-corrected chi connectivity index (χ4v) is 0.554. The predicted molar refractivity (Wildman–Crippen MR) is 24.9 cm³/mol. The van der Waals surface area contributed by atoms with Gasteiger partial charge in [0.25, 0.3) is 0 Å². The third-order valence-electron chi connectivity index (χ3n) is 1.32. The van der Waals surface area contributed by atoms with Gasteiger partial charge in [-0.25, -0.2) is 0 Å². The summed E-state index contributed by atoms with van der Waals surface area (Å²) < 4.78 is 0. The molecule has 1 rings (SSSR count). The van der Waals surface area contributed by atoms with Crippen LogP contribution in [0.2, 0.25) is 0 Å². The zero-order chi connectivity index (χ0) is 4.57. The highest BCUT2D eigenvalue weighted by Crippen LogP contribution is 2.27. The first-order valence-electron chi connectivity index (χ1n) is 2.30. The number of hydrogen-bond acceptors (Lipinski definition) is 2. The average Bonchev–Trinajstić information content (AvgIpc) is 2.19. The second-order valence-electron chi connectivity index (χ2n) is 1.99. The number of hydrazine groups is 1. The van der Waals surface area contributed by atoms with Crippen molar-refractivity contribution in [1.82, 2.24) is 5.43 Å². The Bertz CT molecular complexity index is 51.5. The maximum atomic E-state index is 5.07. The van der Waals surface area contributed by atoms with Crippen molar-refractivity contribution in [3.8, 4) is 0 Å². The summed E-state index contributed by atoms with van der Waals surface area (Å²) in [4.78, 5) is 0. The van der Waals surface area contributed by atoms with Crippen molar-refractivity contribution in [2.45, 2.75) is 19.4 Å². The van der Waals surface area contributed by atoms with E-state index in [1.807, 2.05) is 0 Å². The number of hydrogen-bond donors (Lipinski definition) is 2. The highest BCUT2D eigenvalue weighted by atomic mass is 15.3. The van der Waals surface area contributed by atoms with Crippen LogP contribution < -0.4 is 11.3 Å². The molecule has 0 aromatic heterocycles. The molecule has 1 saturated carbocycles. The molecular formula is C4H10N2. The van der Waals surface area contributed by atoms with Crippen LogP contribution in [0.25, 0.3) is 0 Å². The molecule has 0 saturated heterocycles. The summed E-state index contributed by atoms with van der Waals surface area (Å²) in [5.74, 6) is 5.90. The zero-order valence-electron chi connectivity index (χ0n) is 3.94. The van der Waals surface area contributed by atoms with E-state index in [1.54, 1.807) is 0 Å². The maximum absolute atomic E-state index is 5.07. The van der Waals surface area contributed by atoms with Crippen LogP contribution >= 0.6 is 0 Å². The van der Waals surface area contributed by atoms with Crippen LogP contribution in [0.4, 0.5) is 0 Å². The van der Waals surface area contributed by atoms with Crippen LogP contribution in [0, 0.1) is 5.92 Å². The van der Waals surface area contributed by atoms with Crippen molar-refractivity contribution < 1.29 is 0 Å². The summed E-state index contributed by atoms with van der Waals surface area (Å²) in [6.45, 7) is 2.19. The number of rotatable bonds is 1. The average molecular weight is 86.1 g/mol. The van der Waals surface area contributed by atoms with Gasteiger partial charge in [-0.15, -0.1) is 0 Å². The van der Waals surface area contributed by atoms with Crippen molar-refractivity contribution in [3.63, 3.8) is 0 Å². The Hall–Kier alpha value is -0.0800. The van der Waals surface area contributed by atoms with E-state index in [9.17, 15) is 0 Å². The second-order valence-corrected chi connectivity index (χ2v) is 1.99. The first-order valence-corrected chi connectivity index (χ1v) is 2.30. The second kappa shape index (κ2) is 1.21. The summed E-state index contributed by atoms with van der Waals surface area (Å²) in [6.07, 6.45) is 1.26. The summed E-state index contributed by atoms with van der Waals surface area (Å²) in [6, 6.07) is 0.630. The van der Waals surface area contributed by atoms with Gasteiger partial charge in [0.2, 0.25) is 0 Å². The highest BCUT2D eigenvalue weighted by Gasteiger charge is 2.30. The molecule has 36 valence electrons. The van der Waals surface area contributed by atoms with Gasteiger partial charge in [-0.2, -0.15) is 0 Å². The van der Waals surface area contributed by atoms with E-state index < -0.39 is 0 Å². The molecule has 0 heterocycles. The molecule has 2 nitrogen and oxygen atoms in total. The minimum atomic E-state index is 0.630. The largest absolute Gasteiger partial charge is 0.271 e. The molecule has 6 heavy (non-hydrogen) atoms. The number of nitrogens with two attached hydrogens (primary N) is 1. The molecule has 0 amide bonds. The van der Waals surface area contributed by atoms with Crippen LogP contribution in [0.1, 0.15) is 13.3 Å². The zero-order valence-corrected chi connectivity index (χ0v) is 3.94. The molecular weight excluding hydrogens is 76.1 g/mol. The molecule has 2 atom stereocenters. The smallest absolute Gasteiger partial charge is 0.0239 e. The fraction of sp³-hybridized carbons (Fsp3) is 1.00. The fourth-order valence-electron chi connectivity index (χ4n) is 0.554. The molecule has 2 heteroatoms. The Balaban J connectivity index is 2.09. The first kappa shape index (κ1) is 4.09. The topological polar surface area (TPSA) is 38.0 Å². The summed E-state index contributed by atoms with van der Waals surface area (Å²) >= 11 is 0. The van der Waals surface area contributed by atoms with Gasteiger partial charge in [-0.1, -0.05) is 6.92 Å². The third-order valence-corrected chi connectivity index (χ3v) is 1.32. The van der Waals surface area contributed by atoms with Crippen molar-refractivity contribution in [2.75, 3.05) is 0 Å². The van der Waals surface area contributed by atoms with Crippen LogP contribution in [0.15, 0.2) is 0 Å². The van der Waals surface area contributed by atoms with Gasteiger partial charge in [-0.05, 0) is 12.3 Å². The first-order chi connectivity index (χ1) is 2.84. The van der Waals surface area contributed by atoms with E-state index in [1.165, 1.54) is 6.42 Å². The molecule has 0 aliphatic heterocycles. The van der Waals surface area contributed by atoms with Crippen molar-refractivity contribution in [2.24, 2.45) is 11.8 Å². The molecule has 2 unspecified atom stereocenters. The van der Waals surface area contributed by atoms with E-state index in [2.05, 4.69) is 12.3 Å². The molecule has 0 bridgehead atoms. The van der Waals surface area contributed by atoms with E-state index >= 15 is 0 Å². The Kier molecular flexibility index (Phi) is 0.821. The lowest BCUT2D eigenvalue weighted by Crippen LogP contribution is -2.25. The van der Waals surface area contributed by atoms with Crippen LogP contribution in [-0.2, 0) is 0 Å². The maximum Gasteiger partial charge on any atom is 0.0239 e. The Morgan fingerprint density at radius 2 is 2.33 bits per heavy atom. The lowest BCUT2D eigenvalue weighted by molar-refractivity contribution is 0.689. The molecule has 1 aliphatic rings. The monoisotopic (exact) mass is 86.1 g/mol. The van der Waals surface area contributed by atoms with Crippen molar-refractivity contribution in [3.05, 3.63) is 0 Å². The molecule has 0 spiro atoms.